The van der Waals surface area contributed by atoms with E-state index in [1.807, 2.05) is 13.8 Å². The molecule has 1 rings (SSSR count). The van der Waals surface area contributed by atoms with Crippen molar-refractivity contribution in [2.75, 3.05) is 13.2 Å². The number of carbonyl (C=O) groups excluding carboxylic acids is 2. The first-order chi connectivity index (χ1) is 8.58. The van der Waals surface area contributed by atoms with Crippen molar-refractivity contribution in [2.45, 2.75) is 27.2 Å². The van der Waals surface area contributed by atoms with Crippen LogP contribution >= 0.6 is 0 Å². The van der Waals surface area contributed by atoms with Gasteiger partial charge >= 0.3 is 0 Å². The summed E-state index contributed by atoms with van der Waals surface area (Å²) in [7, 11) is 0. The van der Waals surface area contributed by atoms with E-state index in [1.165, 1.54) is 6.92 Å². The van der Waals surface area contributed by atoms with Gasteiger partial charge in [0.1, 0.15) is 17.3 Å². The van der Waals surface area contributed by atoms with E-state index >= 15 is 0 Å². The highest BCUT2D eigenvalue weighted by Crippen LogP contribution is 2.26. The van der Waals surface area contributed by atoms with E-state index < -0.39 is 0 Å². The average Bonchev–Trinajstić information content (AvgIpc) is 2.29. The second-order valence-corrected chi connectivity index (χ2v) is 3.83. The first-order valence-electron chi connectivity index (χ1n) is 6.00. The Bertz CT molecular complexity index is 437. The third-order valence-corrected chi connectivity index (χ3v) is 2.27. The first kappa shape index (κ1) is 14.2. The third kappa shape index (κ3) is 3.87. The van der Waals surface area contributed by atoms with Gasteiger partial charge in [-0.1, -0.05) is 0 Å². The minimum absolute atomic E-state index is 0.103. The molecule has 4 heteroatoms. The van der Waals surface area contributed by atoms with Crippen molar-refractivity contribution in [3.63, 3.8) is 0 Å². The molecule has 0 bridgehead atoms. The van der Waals surface area contributed by atoms with Gasteiger partial charge in [-0.2, -0.15) is 0 Å². The summed E-state index contributed by atoms with van der Waals surface area (Å²) >= 11 is 0. The molecule has 0 spiro atoms. The van der Waals surface area contributed by atoms with Gasteiger partial charge in [-0.15, -0.1) is 0 Å². The lowest BCUT2D eigenvalue weighted by Gasteiger charge is -2.11. The molecule has 0 saturated heterocycles. The SMILES string of the molecule is CCOc1ccc(C(=O)CC(C)=O)c(OCC)c1. The number of hydrogen-bond acceptors (Lipinski definition) is 4. The van der Waals surface area contributed by atoms with Crippen LogP contribution in [0.1, 0.15) is 37.6 Å². The third-order valence-electron chi connectivity index (χ3n) is 2.27. The highest BCUT2D eigenvalue weighted by atomic mass is 16.5. The molecule has 0 N–H and O–H groups in total. The summed E-state index contributed by atoms with van der Waals surface area (Å²) in [5.74, 6) is 0.736. The van der Waals surface area contributed by atoms with E-state index in [9.17, 15) is 9.59 Å². The van der Waals surface area contributed by atoms with Crippen molar-refractivity contribution in [1.29, 1.82) is 0 Å². The van der Waals surface area contributed by atoms with E-state index in [2.05, 4.69) is 0 Å². The molecule has 1 aromatic rings. The van der Waals surface area contributed by atoms with Gasteiger partial charge < -0.3 is 9.47 Å². The molecule has 4 nitrogen and oxygen atoms in total. The Kier molecular flexibility index (Phi) is 5.36. The number of carbonyl (C=O) groups is 2. The largest absolute Gasteiger partial charge is 0.494 e. The minimum atomic E-state index is -0.228. The second-order valence-electron chi connectivity index (χ2n) is 3.83. The molecule has 0 unspecified atom stereocenters. The average molecular weight is 250 g/mol. The molecule has 0 aromatic heterocycles. The molecule has 0 aliphatic heterocycles. The molecule has 0 heterocycles. The van der Waals surface area contributed by atoms with E-state index in [1.54, 1.807) is 18.2 Å². The van der Waals surface area contributed by atoms with Crippen LogP contribution in [0.4, 0.5) is 0 Å². The van der Waals surface area contributed by atoms with E-state index in [4.69, 9.17) is 9.47 Å². The van der Waals surface area contributed by atoms with Gasteiger partial charge in [0.25, 0.3) is 0 Å². The minimum Gasteiger partial charge on any atom is -0.494 e. The maximum Gasteiger partial charge on any atom is 0.173 e. The molecular formula is C14H18O4. The van der Waals surface area contributed by atoms with Crippen molar-refractivity contribution >= 4 is 11.6 Å². The number of ether oxygens (including phenoxy) is 2. The summed E-state index contributed by atoms with van der Waals surface area (Å²) in [5, 5.41) is 0. The van der Waals surface area contributed by atoms with E-state index in [0.717, 1.165) is 0 Å². The predicted octanol–water partition coefficient (Wildman–Crippen LogP) is 2.65. The smallest absolute Gasteiger partial charge is 0.173 e. The predicted molar refractivity (Wildman–Crippen MR) is 68.4 cm³/mol. The lowest BCUT2D eigenvalue weighted by molar-refractivity contribution is -0.116. The molecule has 0 aliphatic rings. The van der Waals surface area contributed by atoms with Gasteiger partial charge in [-0.25, -0.2) is 0 Å². The normalized spacial score (nSPS) is 9.94. The van der Waals surface area contributed by atoms with Crippen molar-refractivity contribution in [2.24, 2.45) is 0 Å². The molecule has 0 saturated carbocycles. The van der Waals surface area contributed by atoms with Crippen LogP contribution in [-0.4, -0.2) is 24.8 Å². The first-order valence-corrected chi connectivity index (χ1v) is 6.00. The van der Waals surface area contributed by atoms with Gasteiger partial charge in [-0.05, 0) is 32.9 Å². The van der Waals surface area contributed by atoms with Crippen LogP contribution in [0.2, 0.25) is 0 Å². The lowest BCUT2D eigenvalue weighted by Crippen LogP contribution is -2.08. The van der Waals surface area contributed by atoms with Gasteiger partial charge in [0, 0.05) is 6.07 Å². The van der Waals surface area contributed by atoms with Crippen LogP contribution in [0, 0.1) is 0 Å². The van der Waals surface area contributed by atoms with Crippen LogP contribution in [0.15, 0.2) is 18.2 Å². The summed E-state index contributed by atoms with van der Waals surface area (Å²) in [4.78, 5) is 22.9. The maximum absolute atomic E-state index is 11.9. The topological polar surface area (TPSA) is 52.6 Å². The molecule has 0 atom stereocenters. The quantitative estimate of drug-likeness (QED) is 0.551. The van der Waals surface area contributed by atoms with Gasteiger partial charge in [0.15, 0.2) is 5.78 Å². The summed E-state index contributed by atoms with van der Waals surface area (Å²) in [6.07, 6.45) is -0.103. The number of rotatable bonds is 7. The standard InChI is InChI=1S/C14H18O4/c1-4-17-11-6-7-12(13(16)8-10(3)15)14(9-11)18-5-2/h6-7,9H,4-5,8H2,1-3H3. The zero-order valence-electron chi connectivity index (χ0n) is 11.0. The number of benzene rings is 1. The summed E-state index contributed by atoms with van der Waals surface area (Å²) < 4.78 is 10.8. The summed E-state index contributed by atoms with van der Waals surface area (Å²) in [6, 6.07) is 5.03. The maximum atomic E-state index is 11.9. The Morgan fingerprint density at radius 3 is 2.33 bits per heavy atom. The van der Waals surface area contributed by atoms with Crippen LogP contribution in [0.3, 0.4) is 0 Å². The van der Waals surface area contributed by atoms with Crippen LogP contribution in [-0.2, 0) is 4.79 Å². The van der Waals surface area contributed by atoms with Gasteiger partial charge in [0.2, 0.25) is 0 Å². The highest BCUT2D eigenvalue weighted by Gasteiger charge is 2.15. The fourth-order valence-electron chi connectivity index (χ4n) is 1.59. The molecule has 0 fully saturated rings. The van der Waals surface area contributed by atoms with Crippen LogP contribution in [0.25, 0.3) is 0 Å². The second kappa shape index (κ2) is 6.79. The highest BCUT2D eigenvalue weighted by molar-refractivity contribution is 6.08. The summed E-state index contributed by atoms with van der Waals surface area (Å²) in [6.45, 7) is 6.12. The van der Waals surface area contributed by atoms with E-state index in [0.29, 0.717) is 30.3 Å². The van der Waals surface area contributed by atoms with Crippen molar-refractivity contribution in [1.82, 2.24) is 0 Å². The number of hydrogen-bond donors (Lipinski definition) is 0. The van der Waals surface area contributed by atoms with Crippen molar-refractivity contribution in [3.8, 4) is 11.5 Å². The Hall–Kier alpha value is -1.84. The van der Waals surface area contributed by atoms with Gasteiger partial charge in [-0.3, -0.25) is 9.59 Å². The van der Waals surface area contributed by atoms with Gasteiger partial charge in [0.05, 0.1) is 25.2 Å². The summed E-state index contributed by atoms with van der Waals surface area (Å²) in [5.41, 5.74) is 0.426. The molecule has 18 heavy (non-hydrogen) atoms. The molecule has 0 radical (unpaired) electrons. The number of ketones is 2. The Morgan fingerprint density at radius 1 is 1.11 bits per heavy atom. The molecule has 0 aliphatic carbocycles. The fourth-order valence-corrected chi connectivity index (χ4v) is 1.59. The zero-order valence-corrected chi connectivity index (χ0v) is 11.0. The molecule has 98 valence electrons. The monoisotopic (exact) mass is 250 g/mol. The van der Waals surface area contributed by atoms with Crippen molar-refractivity contribution in [3.05, 3.63) is 23.8 Å². The number of Topliss-reactive ketones (excluding diaryl/α,β-unsaturated/α-hetero) is 2. The molecular weight excluding hydrogens is 232 g/mol. The molecule has 0 amide bonds. The Morgan fingerprint density at radius 2 is 1.78 bits per heavy atom. The lowest BCUT2D eigenvalue weighted by atomic mass is 10.1. The van der Waals surface area contributed by atoms with E-state index in [-0.39, 0.29) is 18.0 Å². The van der Waals surface area contributed by atoms with Crippen molar-refractivity contribution < 1.29 is 19.1 Å². The molecule has 1 aromatic carbocycles. The Balaban J connectivity index is 3.02. The van der Waals surface area contributed by atoms with Crippen LogP contribution < -0.4 is 9.47 Å². The zero-order chi connectivity index (χ0) is 13.5. The Labute approximate surface area is 107 Å². The van der Waals surface area contributed by atoms with Crippen LogP contribution in [0.5, 0.6) is 11.5 Å². The fraction of sp³-hybridized carbons (Fsp3) is 0.429.